The molecule has 0 spiro atoms. The molecule has 0 rings (SSSR count). The van der Waals surface area contributed by atoms with E-state index >= 15 is 0 Å². The van der Waals surface area contributed by atoms with Gasteiger partial charge in [-0.3, -0.25) is 4.79 Å². The summed E-state index contributed by atoms with van der Waals surface area (Å²) < 4.78 is 0. The normalized spacial score (nSPS) is 10.7. The first-order valence-corrected chi connectivity index (χ1v) is 6.31. The van der Waals surface area contributed by atoms with Gasteiger partial charge >= 0.3 is 0 Å². The molecule has 0 saturated carbocycles. The summed E-state index contributed by atoms with van der Waals surface area (Å²) in [6.45, 7) is 7.38. The van der Waals surface area contributed by atoms with Gasteiger partial charge in [-0.05, 0) is 12.3 Å². The predicted molar refractivity (Wildman–Crippen MR) is 65.9 cm³/mol. The molecule has 0 bridgehead atoms. The van der Waals surface area contributed by atoms with E-state index in [0.29, 0.717) is 11.8 Å². The zero-order valence-electron chi connectivity index (χ0n) is 10.9. The van der Waals surface area contributed by atoms with Crippen molar-refractivity contribution in [3.05, 3.63) is 0 Å². The molecule has 2 heteroatoms. The third-order valence-corrected chi connectivity index (χ3v) is 2.56. The second-order valence-electron chi connectivity index (χ2n) is 4.83. The Bertz CT molecular complexity index is 166. The molecule has 0 heterocycles. The number of amides is 1. The summed E-state index contributed by atoms with van der Waals surface area (Å²) in [6, 6.07) is 0. The van der Waals surface area contributed by atoms with Crippen molar-refractivity contribution in [2.24, 2.45) is 5.92 Å². The smallest absolute Gasteiger partial charge is 0.222 e. The summed E-state index contributed by atoms with van der Waals surface area (Å²) in [5.74, 6) is 0.874. The van der Waals surface area contributed by atoms with Gasteiger partial charge in [0, 0.05) is 20.0 Å². The van der Waals surface area contributed by atoms with Gasteiger partial charge in [0.05, 0.1) is 0 Å². The van der Waals surface area contributed by atoms with Crippen LogP contribution in [0.15, 0.2) is 0 Å². The summed E-state index contributed by atoms with van der Waals surface area (Å²) in [4.78, 5) is 13.5. The lowest BCUT2D eigenvalue weighted by Crippen LogP contribution is -2.29. The van der Waals surface area contributed by atoms with E-state index in [1.807, 2.05) is 11.9 Å². The Morgan fingerprint density at radius 1 is 1.13 bits per heavy atom. The van der Waals surface area contributed by atoms with E-state index in [-0.39, 0.29) is 0 Å². The van der Waals surface area contributed by atoms with Crippen LogP contribution in [0.2, 0.25) is 0 Å². The summed E-state index contributed by atoms with van der Waals surface area (Å²) in [5.41, 5.74) is 0. The molecule has 0 aliphatic rings. The van der Waals surface area contributed by atoms with E-state index in [2.05, 4.69) is 20.8 Å². The number of hydrogen-bond acceptors (Lipinski definition) is 1. The van der Waals surface area contributed by atoms with E-state index < -0.39 is 0 Å². The van der Waals surface area contributed by atoms with Gasteiger partial charge in [-0.25, -0.2) is 0 Å². The van der Waals surface area contributed by atoms with Gasteiger partial charge in [-0.2, -0.15) is 0 Å². The lowest BCUT2D eigenvalue weighted by atomic mass is 10.1. The highest BCUT2D eigenvalue weighted by Crippen LogP contribution is 2.07. The molecular weight excluding hydrogens is 186 g/mol. The minimum absolute atomic E-state index is 0.306. The summed E-state index contributed by atoms with van der Waals surface area (Å²) in [5, 5.41) is 0. The van der Waals surface area contributed by atoms with Gasteiger partial charge in [-0.15, -0.1) is 0 Å². The number of unbranched alkanes of at least 4 members (excludes halogenated alkanes) is 4. The lowest BCUT2D eigenvalue weighted by Gasteiger charge is -2.19. The van der Waals surface area contributed by atoms with Crippen LogP contribution < -0.4 is 0 Å². The highest BCUT2D eigenvalue weighted by Gasteiger charge is 2.08. The van der Waals surface area contributed by atoms with Crippen LogP contribution in [-0.4, -0.2) is 24.4 Å². The minimum Gasteiger partial charge on any atom is -0.346 e. The van der Waals surface area contributed by atoms with Gasteiger partial charge in [0.15, 0.2) is 0 Å². The van der Waals surface area contributed by atoms with Crippen LogP contribution in [0.4, 0.5) is 0 Å². The Hall–Kier alpha value is -0.530. The number of carbonyl (C=O) groups is 1. The van der Waals surface area contributed by atoms with E-state index in [1.165, 1.54) is 25.7 Å². The standard InChI is InChI=1S/C13H27NO/c1-5-6-7-8-9-10-13(15)14(4)11-12(2)3/h12H,5-11H2,1-4H3. The van der Waals surface area contributed by atoms with E-state index in [4.69, 9.17) is 0 Å². The predicted octanol–water partition coefficient (Wildman–Crippen LogP) is 3.46. The first kappa shape index (κ1) is 14.5. The van der Waals surface area contributed by atoms with Crippen LogP contribution in [-0.2, 0) is 4.79 Å². The molecule has 1 amide bonds. The molecule has 0 saturated heterocycles. The van der Waals surface area contributed by atoms with E-state index in [9.17, 15) is 4.79 Å². The molecule has 0 aromatic heterocycles. The Balaban J connectivity index is 3.47. The number of rotatable bonds is 8. The van der Waals surface area contributed by atoms with Crippen molar-refractivity contribution in [3.8, 4) is 0 Å². The van der Waals surface area contributed by atoms with Crippen LogP contribution in [0.5, 0.6) is 0 Å². The maximum atomic E-state index is 11.6. The Morgan fingerprint density at radius 3 is 2.27 bits per heavy atom. The molecule has 0 aliphatic carbocycles. The number of carbonyl (C=O) groups excluding carboxylic acids is 1. The maximum absolute atomic E-state index is 11.6. The Labute approximate surface area is 95.0 Å². The largest absolute Gasteiger partial charge is 0.346 e. The third kappa shape index (κ3) is 8.46. The van der Waals surface area contributed by atoms with Crippen LogP contribution in [0.3, 0.4) is 0 Å². The van der Waals surface area contributed by atoms with Crippen molar-refractivity contribution in [1.29, 1.82) is 0 Å². The molecule has 0 aromatic rings. The molecule has 0 unspecified atom stereocenters. The molecular formula is C13H27NO. The molecule has 0 atom stereocenters. The second kappa shape index (κ2) is 8.75. The first-order chi connectivity index (χ1) is 7.07. The minimum atomic E-state index is 0.306. The van der Waals surface area contributed by atoms with Crippen LogP contribution in [0.1, 0.15) is 59.3 Å². The van der Waals surface area contributed by atoms with Crippen LogP contribution >= 0.6 is 0 Å². The van der Waals surface area contributed by atoms with Gasteiger partial charge in [-0.1, -0.05) is 46.5 Å². The van der Waals surface area contributed by atoms with Gasteiger partial charge < -0.3 is 4.90 Å². The zero-order chi connectivity index (χ0) is 11.7. The fraction of sp³-hybridized carbons (Fsp3) is 0.923. The monoisotopic (exact) mass is 213 g/mol. The highest BCUT2D eigenvalue weighted by molar-refractivity contribution is 5.75. The quantitative estimate of drug-likeness (QED) is 0.565. The van der Waals surface area contributed by atoms with Crippen molar-refractivity contribution in [2.45, 2.75) is 59.3 Å². The fourth-order valence-electron chi connectivity index (χ4n) is 1.72. The number of hydrogen-bond donors (Lipinski definition) is 0. The summed E-state index contributed by atoms with van der Waals surface area (Å²) in [7, 11) is 1.91. The average molecular weight is 213 g/mol. The third-order valence-electron chi connectivity index (χ3n) is 2.56. The molecule has 2 nitrogen and oxygen atoms in total. The lowest BCUT2D eigenvalue weighted by molar-refractivity contribution is -0.130. The Kier molecular flexibility index (Phi) is 8.44. The molecule has 90 valence electrons. The Morgan fingerprint density at radius 2 is 1.73 bits per heavy atom. The van der Waals surface area contributed by atoms with Gasteiger partial charge in [0.25, 0.3) is 0 Å². The second-order valence-corrected chi connectivity index (χ2v) is 4.83. The SMILES string of the molecule is CCCCCCCC(=O)N(C)CC(C)C. The first-order valence-electron chi connectivity index (χ1n) is 6.31. The molecule has 0 aromatic carbocycles. The molecule has 0 N–H and O–H groups in total. The summed E-state index contributed by atoms with van der Waals surface area (Å²) in [6.07, 6.45) is 6.83. The summed E-state index contributed by atoms with van der Waals surface area (Å²) >= 11 is 0. The fourth-order valence-corrected chi connectivity index (χ4v) is 1.72. The molecule has 0 fully saturated rings. The molecule has 0 aliphatic heterocycles. The van der Waals surface area contributed by atoms with E-state index in [0.717, 1.165) is 19.4 Å². The zero-order valence-corrected chi connectivity index (χ0v) is 10.9. The highest BCUT2D eigenvalue weighted by atomic mass is 16.2. The van der Waals surface area contributed by atoms with Crippen molar-refractivity contribution in [1.82, 2.24) is 4.90 Å². The van der Waals surface area contributed by atoms with Crippen molar-refractivity contribution >= 4 is 5.91 Å². The van der Waals surface area contributed by atoms with Crippen molar-refractivity contribution in [3.63, 3.8) is 0 Å². The van der Waals surface area contributed by atoms with Crippen LogP contribution in [0.25, 0.3) is 0 Å². The molecule has 15 heavy (non-hydrogen) atoms. The van der Waals surface area contributed by atoms with Gasteiger partial charge in [0.1, 0.15) is 0 Å². The van der Waals surface area contributed by atoms with E-state index in [1.54, 1.807) is 0 Å². The van der Waals surface area contributed by atoms with Crippen molar-refractivity contribution < 1.29 is 4.79 Å². The molecule has 0 radical (unpaired) electrons. The van der Waals surface area contributed by atoms with Crippen LogP contribution in [0, 0.1) is 5.92 Å². The topological polar surface area (TPSA) is 20.3 Å². The van der Waals surface area contributed by atoms with Gasteiger partial charge in [0.2, 0.25) is 5.91 Å². The van der Waals surface area contributed by atoms with Crippen molar-refractivity contribution in [2.75, 3.05) is 13.6 Å². The average Bonchev–Trinajstić information content (AvgIpc) is 2.16. The maximum Gasteiger partial charge on any atom is 0.222 e. The number of nitrogens with zero attached hydrogens (tertiary/aromatic N) is 1.